The van der Waals surface area contributed by atoms with Gasteiger partial charge in [-0.1, -0.05) is 11.6 Å². The van der Waals surface area contributed by atoms with E-state index >= 15 is 0 Å². The van der Waals surface area contributed by atoms with Crippen molar-refractivity contribution in [3.63, 3.8) is 0 Å². The van der Waals surface area contributed by atoms with E-state index in [2.05, 4.69) is 10.1 Å². The Morgan fingerprint density at radius 3 is 2.67 bits per heavy atom. The lowest BCUT2D eigenvalue weighted by atomic mass is 10.1. The van der Waals surface area contributed by atoms with E-state index in [0.29, 0.717) is 30.2 Å². The molecule has 0 radical (unpaired) electrons. The van der Waals surface area contributed by atoms with Crippen LogP contribution in [0.5, 0.6) is 0 Å². The zero-order valence-corrected chi connectivity index (χ0v) is 18.7. The molecular formula is C24H20ClFN6O. The number of piperidine rings is 1. The summed E-state index contributed by atoms with van der Waals surface area (Å²) in [5.41, 5.74) is 1.96. The molecule has 0 unspecified atom stereocenters. The van der Waals surface area contributed by atoms with Gasteiger partial charge in [-0.15, -0.1) is 0 Å². The molecule has 0 saturated carbocycles. The van der Waals surface area contributed by atoms with Gasteiger partial charge >= 0.3 is 0 Å². The number of nitriles is 1. The first-order valence-electron chi connectivity index (χ1n) is 10.7. The maximum absolute atomic E-state index is 14.5. The Bertz CT molecular complexity index is 1430. The minimum Gasteiger partial charge on any atom is -0.337 e. The molecule has 3 heterocycles. The maximum Gasteiger partial charge on any atom is 0.275 e. The van der Waals surface area contributed by atoms with Crippen molar-refractivity contribution in [2.24, 2.45) is 7.05 Å². The lowest BCUT2D eigenvalue weighted by Crippen LogP contribution is -2.36. The summed E-state index contributed by atoms with van der Waals surface area (Å²) < 4.78 is 17.8. The second kappa shape index (κ2) is 8.34. The van der Waals surface area contributed by atoms with Crippen molar-refractivity contribution in [3.8, 4) is 23.1 Å². The van der Waals surface area contributed by atoms with Crippen LogP contribution in [0.3, 0.4) is 0 Å². The monoisotopic (exact) mass is 462 g/mol. The van der Waals surface area contributed by atoms with Crippen molar-refractivity contribution in [2.45, 2.75) is 19.3 Å². The number of aromatic nitrogens is 4. The fraction of sp³-hybridized carbons (Fsp3) is 0.250. The van der Waals surface area contributed by atoms with Crippen LogP contribution >= 0.6 is 11.6 Å². The topological polar surface area (TPSA) is 79.7 Å². The van der Waals surface area contributed by atoms with Crippen LogP contribution in [0, 0.1) is 17.1 Å². The molecule has 4 aromatic rings. The van der Waals surface area contributed by atoms with Gasteiger partial charge in [0, 0.05) is 43.0 Å². The minimum absolute atomic E-state index is 0.0654. The molecule has 5 rings (SSSR count). The first-order valence-corrected chi connectivity index (χ1v) is 11.1. The highest BCUT2D eigenvalue weighted by Crippen LogP contribution is 2.33. The van der Waals surface area contributed by atoms with Gasteiger partial charge in [-0.3, -0.25) is 14.0 Å². The van der Waals surface area contributed by atoms with Crippen LogP contribution in [0.2, 0.25) is 5.15 Å². The normalized spacial score (nSPS) is 13.9. The largest absolute Gasteiger partial charge is 0.337 e. The SMILES string of the molecule is Cn1cc2cc(-n3c(-c4ccc(C#N)c(F)c4)nc(C(=O)N4CCCCC4)c3Cl)ccc2n1. The van der Waals surface area contributed by atoms with Crippen molar-refractivity contribution >= 4 is 28.4 Å². The lowest BCUT2D eigenvalue weighted by molar-refractivity contribution is 0.0719. The number of rotatable bonds is 3. The molecule has 9 heteroatoms. The van der Waals surface area contributed by atoms with Crippen LogP contribution in [-0.2, 0) is 7.05 Å². The summed E-state index contributed by atoms with van der Waals surface area (Å²) in [7, 11) is 1.84. The third kappa shape index (κ3) is 3.74. The fourth-order valence-corrected chi connectivity index (χ4v) is 4.53. The number of halogens is 2. The Kier molecular flexibility index (Phi) is 5.35. The summed E-state index contributed by atoms with van der Waals surface area (Å²) in [6.45, 7) is 1.31. The average Bonchev–Trinajstić information content (AvgIpc) is 3.37. The Morgan fingerprint density at radius 1 is 1.15 bits per heavy atom. The van der Waals surface area contributed by atoms with Crippen LogP contribution < -0.4 is 0 Å². The Hall–Kier alpha value is -3.70. The van der Waals surface area contributed by atoms with Crippen molar-refractivity contribution in [2.75, 3.05) is 13.1 Å². The maximum atomic E-state index is 14.5. The molecule has 0 N–H and O–H groups in total. The summed E-state index contributed by atoms with van der Waals surface area (Å²) in [6.07, 6.45) is 4.85. The van der Waals surface area contributed by atoms with Gasteiger partial charge in [-0.25, -0.2) is 9.37 Å². The molecule has 0 aliphatic carbocycles. The van der Waals surface area contributed by atoms with E-state index in [1.807, 2.05) is 37.5 Å². The van der Waals surface area contributed by atoms with E-state index in [-0.39, 0.29) is 22.3 Å². The molecule has 33 heavy (non-hydrogen) atoms. The van der Waals surface area contributed by atoms with Crippen LogP contribution in [0.15, 0.2) is 42.6 Å². The van der Waals surface area contributed by atoms with Crippen molar-refractivity contribution in [1.82, 2.24) is 24.2 Å². The number of likely N-dealkylation sites (tertiary alicyclic amines) is 1. The molecule has 2 aromatic carbocycles. The molecule has 166 valence electrons. The number of amides is 1. The Balaban J connectivity index is 1.69. The van der Waals surface area contributed by atoms with Gasteiger partial charge in [0.05, 0.1) is 11.1 Å². The number of benzene rings is 2. The van der Waals surface area contributed by atoms with Gasteiger partial charge in [0.25, 0.3) is 5.91 Å². The number of fused-ring (bicyclic) bond motifs is 1. The van der Waals surface area contributed by atoms with Gasteiger partial charge in [0.1, 0.15) is 22.9 Å². The number of imidazole rings is 1. The third-order valence-electron chi connectivity index (χ3n) is 5.88. The molecule has 7 nitrogen and oxygen atoms in total. The minimum atomic E-state index is -0.660. The molecule has 0 atom stereocenters. The molecule has 2 aromatic heterocycles. The summed E-state index contributed by atoms with van der Waals surface area (Å²) >= 11 is 6.77. The molecule has 1 aliphatic rings. The van der Waals surface area contributed by atoms with Crippen molar-refractivity contribution in [3.05, 3.63) is 64.8 Å². The average molecular weight is 463 g/mol. The standard InChI is InChI=1S/C24H20ClFN6O/c1-30-14-17-11-18(7-8-20(17)29-30)32-22(25)21(24(33)31-9-3-2-4-10-31)28-23(32)15-5-6-16(13-27)19(26)12-15/h5-8,11-12,14H,2-4,9-10H2,1H3. The molecule has 0 bridgehead atoms. The van der Waals surface area contributed by atoms with E-state index in [4.69, 9.17) is 16.9 Å². The quantitative estimate of drug-likeness (QED) is 0.441. The van der Waals surface area contributed by atoms with Gasteiger partial charge in [-0.2, -0.15) is 10.4 Å². The Labute approximate surface area is 194 Å². The predicted octanol–water partition coefficient (Wildman–Crippen LogP) is 4.72. The smallest absolute Gasteiger partial charge is 0.275 e. The third-order valence-corrected chi connectivity index (χ3v) is 6.22. The number of carbonyl (C=O) groups excluding carboxylic acids is 1. The summed E-state index contributed by atoms with van der Waals surface area (Å²) in [5.74, 6) is -0.574. The number of aryl methyl sites for hydroxylation is 1. The highest BCUT2D eigenvalue weighted by molar-refractivity contribution is 6.33. The highest BCUT2D eigenvalue weighted by atomic mass is 35.5. The van der Waals surface area contributed by atoms with E-state index in [0.717, 1.165) is 30.2 Å². The molecule has 0 spiro atoms. The fourth-order valence-electron chi connectivity index (χ4n) is 4.23. The first kappa shape index (κ1) is 21.2. The second-order valence-corrected chi connectivity index (χ2v) is 8.47. The Morgan fingerprint density at radius 2 is 1.94 bits per heavy atom. The lowest BCUT2D eigenvalue weighted by Gasteiger charge is -2.25. The number of nitrogens with zero attached hydrogens (tertiary/aromatic N) is 6. The summed E-state index contributed by atoms with van der Waals surface area (Å²) in [4.78, 5) is 19.6. The van der Waals surface area contributed by atoms with E-state index in [9.17, 15) is 9.18 Å². The molecule has 1 fully saturated rings. The van der Waals surface area contributed by atoms with Crippen LogP contribution in [-0.4, -0.2) is 43.2 Å². The summed E-state index contributed by atoms with van der Waals surface area (Å²) in [6, 6.07) is 11.7. The zero-order valence-electron chi connectivity index (χ0n) is 17.9. The number of carbonyl (C=O) groups is 1. The number of hydrogen-bond donors (Lipinski definition) is 0. The predicted molar refractivity (Wildman–Crippen MR) is 123 cm³/mol. The van der Waals surface area contributed by atoms with Crippen LogP contribution in [0.1, 0.15) is 35.3 Å². The van der Waals surface area contributed by atoms with Gasteiger partial charge in [-0.05, 0) is 55.7 Å². The van der Waals surface area contributed by atoms with E-state index < -0.39 is 5.82 Å². The molecular weight excluding hydrogens is 443 g/mol. The van der Waals surface area contributed by atoms with Crippen LogP contribution in [0.4, 0.5) is 4.39 Å². The van der Waals surface area contributed by atoms with Gasteiger partial charge in [0.2, 0.25) is 0 Å². The molecule has 1 aliphatic heterocycles. The first-order chi connectivity index (χ1) is 16.0. The van der Waals surface area contributed by atoms with E-state index in [1.54, 1.807) is 20.2 Å². The molecule has 1 saturated heterocycles. The van der Waals surface area contributed by atoms with Crippen LogP contribution in [0.25, 0.3) is 28.0 Å². The number of hydrogen-bond acceptors (Lipinski definition) is 4. The van der Waals surface area contributed by atoms with E-state index in [1.165, 1.54) is 12.1 Å². The zero-order chi connectivity index (χ0) is 23.1. The molecule has 1 amide bonds. The van der Waals surface area contributed by atoms with Gasteiger partial charge < -0.3 is 4.90 Å². The van der Waals surface area contributed by atoms with Crippen molar-refractivity contribution < 1.29 is 9.18 Å². The van der Waals surface area contributed by atoms with Crippen molar-refractivity contribution in [1.29, 1.82) is 5.26 Å². The van der Waals surface area contributed by atoms with Gasteiger partial charge in [0.15, 0.2) is 5.69 Å². The highest BCUT2D eigenvalue weighted by Gasteiger charge is 2.28. The second-order valence-electron chi connectivity index (χ2n) is 8.12. The summed E-state index contributed by atoms with van der Waals surface area (Å²) in [5, 5.41) is 14.5.